The van der Waals surface area contributed by atoms with E-state index in [4.69, 9.17) is 0 Å². The van der Waals surface area contributed by atoms with E-state index in [-0.39, 0.29) is 10.8 Å². The topological polar surface area (TPSA) is 74.7 Å². The summed E-state index contributed by atoms with van der Waals surface area (Å²) in [5, 5.41) is 24.6. The lowest BCUT2D eigenvalue weighted by molar-refractivity contribution is 0.422. The molecule has 2 aromatic rings. The van der Waals surface area contributed by atoms with Gasteiger partial charge in [-0.1, -0.05) is 41.5 Å². The van der Waals surface area contributed by atoms with Crippen LogP contribution < -0.4 is 0 Å². The average Bonchev–Trinajstić information content (AvgIpc) is 2.91. The number of hydrogen-bond acceptors (Lipinski definition) is 5. The number of H-pyrrole nitrogens is 1. The van der Waals surface area contributed by atoms with E-state index < -0.39 is 0 Å². The molecule has 0 spiro atoms. The third-order valence-electron chi connectivity index (χ3n) is 3.70. The Labute approximate surface area is 142 Å². The van der Waals surface area contributed by atoms with Crippen LogP contribution in [0.1, 0.15) is 58.5 Å². The maximum absolute atomic E-state index is 10.7. The second kappa shape index (κ2) is 6.51. The summed E-state index contributed by atoms with van der Waals surface area (Å²) in [6.45, 7) is 12.8. The Bertz CT molecular complexity index is 619. The van der Waals surface area contributed by atoms with Gasteiger partial charge in [0.25, 0.3) is 0 Å². The molecule has 0 fully saturated rings. The Hall–Kier alpha value is -1.56. The number of rotatable bonds is 4. The number of tetrazole rings is 1. The van der Waals surface area contributed by atoms with Crippen LogP contribution in [0.25, 0.3) is 0 Å². The Morgan fingerprint density at radius 2 is 1.61 bits per heavy atom. The van der Waals surface area contributed by atoms with Crippen LogP contribution in [0.3, 0.4) is 0 Å². The van der Waals surface area contributed by atoms with Crippen molar-refractivity contribution in [3.63, 3.8) is 0 Å². The van der Waals surface area contributed by atoms with Crippen molar-refractivity contribution in [3.05, 3.63) is 29.1 Å². The monoisotopic (exact) mass is 334 g/mol. The molecule has 23 heavy (non-hydrogen) atoms. The molecule has 0 saturated heterocycles. The number of hydrogen-bond donors (Lipinski definition) is 2. The number of thioether (sulfide) groups is 1. The highest BCUT2D eigenvalue weighted by Crippen LogP contribution is 2.41. The summed E-state index contributed by atoms with van der Waals surface area (Å²) in [7, 11) is 0. The summed E-state index contributed by atoms with van der Waals surface area (Å²) in [6, 6.07) is 4.21. The maximum atomic E-state index is 10.7. The zero-order valence-corrected chi connectivity index (χ0v) is 15.6. The lowest BCUT2D eigenvalue weighted by atomic mass is 9.79. The lowest BCUT2D eigenvalue weighted by Crippen LogP contribution is -2.17. The molecule has 1 aromatic heterocycles. The van der Waals surface area contributed by atoms with Gasteiger partial charge in [0.05, 0.1) is 0 Å². The average molecular weight is 334 g/mol. The number of aromatic hydroxyl groups is 1. The number of nitrogens with one attached hydrogen (secondary N) is 1. The summed E-state index contributed by atoms with van der Waals surface area (Å²) < 4.78 is 0. The van der Waals surface area contributed by atoms with Crippen molar-refractivity contribution in [3.8, 4) is 5.75 Å². The molecule has 6 heteroatoms. The smallest absolute Gasteiger partial charge is 0.149 e. The van der Waals surface area contributed by atoms with Gasteiger partial charge in [-0.2, -0.15) is 0 Å². The highest BCUT2D eigenvalue weighted by molar-refractivity contribution is 7.99. The summed E-state index contributed by atoms with van der Waals surface area (Å²) in [5.74, 6) is 2.10. The lowest BCUT2D eigenvalue weighted by Gasteiger charge is -2.28. The van der Waals surface area contributed by atoms with Crippen molar-refractivity contribution < 1.29 is 5.11 Å². The molecule has 0 radical (unpaired) electrons. The van der Waals surface area contributed by atoms with E-state index in [0.717, 1.165) is 29.1 Å². The molecule has 2 N–H and O–H groups in total. The number of nitrogens with zero attached hydrogens (tertiary/aromatic N) is 3. The molecule has 1 heterocycles. The fourth-order valence-corrected chi connectivity index (χ4v) is 3.32. The molecule has 0 aliphatic rings. The van der Waals surface area contributed by atoms with E-state index in [2.05, 4.69) is 74.3 Å². The Balaban J connectivity index is 2.28. The van der Waals surface area contributed by atoms with Crippen LogP contribution in [0.4, 0.5) is 0 Å². The normalized spacial score (nSPS) is 12.6. The van der Waals surface area contributed by atoms with E-state index in [1.165, 1.54) is 4.90 Å². The second-order valence-electron chi connectivity index (χ2n) is 7.81. The molecular weight excluding hydrogens is 308 g/mol. The van der Waals surface area contributed by atoms with Crippen LogP contribution in [0.2, 0.25) is 0 Å². The summed E-state index contributed by atoms with van der Waals surface area (Å²) in [4.78, 5) is 1.17. The standard InChI is InChI=1S/C17H26N4OS/c1-16(2,3)12-9-11(10-13(15(12)22)17(4,5)6)23-8-7-14-18-20-21-19-14/h9-10,22H,7-8H2,1-6H3,(H,18,19,20,21). The zero-order valence-electron chi connectivity index (χ0n) is 14.8. The van der Waals surface area contributed by atoms with Gasteiger partial charge in [-0.25, -0.2) is 5.10 Å². The van der Waals surface area contributed by atoms with Gasteiger partial charge < -0.3 is 5.11 Å². The van der Waals surface area contributed by atoms with Gasteiger partial charge in [0.2, 0.25) is 0 Å². The highest BCUT2D eigenvalue weighted by atomic mass is 32.2. The predicted molar refractivity (Wildman–Crippen MR) is 94.1 cm³/mol. The van der Waals surface area contributed by atoms with Crippen molar-refractivity contribution in [1.29, 1.82) is 0 Å². The van der Waals surface area contributed by atoms with Gasteiger partial charge in [-0.3, -0.25) is 0 Å². The predicted octanol–water partition coefficient (Wildman–Crippen LogP) is 3.84. The highest BCUT2D eigenvalue weighted by Gasteiger charge is 2.26. The molecule has 1 aromatic carbocycles. The number of aromatic nitrogens is 4. The van der Waals surface area contributed by atoms with Gasteiger partial charge in [0.15, 0.2) is 0 Å². The van der Waals surface area contributed by atoms with Gasteiger partial charge in [0.1, 0.15) is 11.6 Å². The van der Waals surface area contributed by atoms with Crippen LogP contribution >= 0.6 is 11.8 Å². The van der Waals surface area contributed by atoms with Crippen LogP contribution in [0.15, 0.2) is 17.0 Å². The number of aryl methyl sites for hydroxylation is 1. The number of phenolic OH excluding ortho intramolecular Hbond substituents is 1. The van der Waals surface area contributed by atoms with E-state index in [1.807, 2.05) is 0 Å². The minimum absolute atomic E-state index is 0.102. The molecule has 0 unspecified atom stereocenters. The molecule has 126 valence electrons. The fraction of sp³-hybridized carbons (Fsp3) is 0.588. The molecule has 0 aliphatic carbocycles. The minimum Gasteiger partial charge on any atom is -0.507 e. The first-order valence-electron chi connectivity index (χ1n) is 7.82. The Kier molecular flexibility index (Phi) is 5.04. The summed E-state index contributed by atoms with van der Waals surface area (Å²) >= 11 is 1.76. The largest absolute Gasteiger partial charge is 0.507 e. The van der Waals surface area contributed by atoms with E-state index in [9.17, 15) is 5.11 Å². The van der Waals surface area contributed by atoms with Gasteiger partial charge in [-0.05, 0) is 33.4 Å². The molecular formula is C17H26N4OS. The van der Waals surface area contributed by atoms with Crippen molar-refractivity contribution in [2.24, 2.45) is 0 Å². The Morgan fingerprint density at radius 3 is 2.04 bits per heavy atom. The molecule has 5 nitrogen and oxygen atoms in total. The van der Waals surface area contributed by atoms with Crippen LogP contribution in [-0.2, 0) is 17.3 Å². The minimum atomic E-state index is -0.102. The third kappa shape index (κ3) is 4.47. The summed E-state index contributed by atoms with van der Waals surface area (Å²) in [5.41, 5.74) is 1.79. The molecule has 0 saturated carbocycles. The van der Waals surface area contributed by atoms with E-state index in [0.29, 0.717) is 5.75 Å². The maximum Gasteiger partial charge on any atom is 0.149 e. The fourth-order valence-electron chi connectivity index (χ4n) is 2.38. The first-order chi connectivity index (χ1) is 10.6. The molecule has 2 rings (SSSR count). The zero-order chi connectivity index (χ0) is 17.3. The molecule has 0 aliphatic heterocycles. The first kappa shape index (κ1) is 17.8. The SMILES string of the molecule is CC(C)(C)c1cc(SCCc2nnn[nH]2)cc(C(C)(C)C)c1O. The number of aromatic amines is 1. The third-order valence-corrected chi connectivity index (χ3v) is 4.67. The van der Waals surface area contributed by atoms with Crippen molar-refractivity contribution in [2.75, 3.05) is 5.75 Å². The second-order valence-corrected chi connectivity index (χ2v) is 8.98. The Morgan fingerprint density at radius 1 is 1.04 bits per heavy atom. The van der Waals surface area contributed by atoms with E-state index >= 15 is 0 Å². The molecule has 0 bridgehead atoms. The van der Waals surface area contributed by atoms with Crippen molar-refractivity contribution >= 4 is 11.8 Å². The first-order valence-corrected chi connectivity index (χ1v) is 8.81. The number of benzene rings is 1. The van der Waals surface area contributed by atoms with Crippen LogP contribution in [0.5, 0.6) is 5.75 Å². The summed E-state index contributed by atoms with van der Waals surface area (Å²) in [6.07, 6.45) is 0.786. The van der Waals surface area contributed by atoms with Gasteiger partial charge in [0, 0.05) is 28.2 Å². The van der Waals surface area contributed by atoms with Crippen molar-refractivity contribution in [1.82, 2.24) is 20.6 Å². The quantitative estimate of drug-likeness (QED) is 0.831. The van der Waals surface area contributed by atoms with Crippen LogP contribution in [-0.4, -0.2) is 31.5 Å². The molecule has 0 amide bonds. The van der Waals surface area contributed by atoms with Gasteiger partial charge in [-0.15, -0.1) is 16.9 Å². The van der Waals surface area contributed by atoms with Crippen molar-refractivity contribution in [2.45, 2.75) is 63.7 Å². The van der Waals surface area contributed by atoms with E-state index in [1.54, 1.807) is 11.8 Å². The molecule has 0 atom stereocenters. The van der Waals surface area contributed by atoms with Gasteiger partial charge >= 0.3 is 0 Å². The van der Waals surface area contributed by atoms with Crippen LogP contribution in [0, 0.1) is 0 Å². The number of phenols is 1.